The van der Waals surface area contributed by atoms with E-state index >= 15 is 0 Å². The Balaban J connectivity index is 1.73. The number of hydrogen-bond acceptors (Lipinski definition) is 3. The van der Waals surface area contributed by atoms with Crippen molar-refractivity contribution in [2.24, 2.45) is 0 Å². The smallest absolute Gasteiger partial charge is 0.0642 e. The first-order chi connectivity index (χ1) is 9.78. The summed E-state index contributed by atoms with van der Waals surface area (Å²) in [6.07, 6.45) is 2.65. The number of nitrogens with zero attached hydrogens (tertiary/aromatic N) is 2. The standard InChI is InChI=1S/C16H24ClN3/c1-2-19-8-10-20(11-9-19)16-13(4-3-5-15(16)17)12-18-14-6-7-14/h3-5,14,18H,2,6-12H2,1H3. The molecular formula is C16H24ClN3. The lowest BCUT2D eigenvalue weighted by atomic mass is 10.1. The molecule has 3 nitrogen and oxygen atoms in total. The van der Waals surface area contributed by atoms with Crippen molar-refractivity contribution in [1.82, 2.24) is 10.2 Å². The highest BCUT2D eigenvalue weighted by atomic mass is 35.5. The van der Waals surface area contributed by atoms with Crippen LogP contribution in [-0.4, -0.2) is 43.7 Å². The average Bonchev–Trinajstić information content (AvgIpc) is 3.30. The van der Waals surface area contributed by atoms with E-state index in [0.717, 1.165) is 50.3 Å². The van der Waals surface area contributed by atoms with Gasteiger partial charge in [-0.3, -0.25) is 0 Å². The summed E-state index contributed by atoms with van der Waals surface area (Å²) in [5.41, 5.74) is 2.59. The maximum Gasteiger partial charge on any atom is 0.0642 e. The van der Waals surface area contributed by atoms with Crippen LogP contribution in [0.15, 0.2) is 18.2 Å². The fraction of sp³-hybridized carbons (Fsp3) is 0.625. The van der Waals surface area contributed by atoms with Crippen molar-refractivity contribution in [2.45, 2.75) is 32.4 Å². The fourth-order valence-corrected chi connectivity index (χ4v) is 3.20. The molecule has 1 heterocycles. The van der Waals surface area contributed by atoms with Crippen LogP contribution < -0.4 is 10.2 Å². The van der Waals surface area contributed by atoms with Crippen molar-refractivity contribution in [3.63, 3.8) is 0 Å². The van der Waals surface area contributed by atoms with Gasteiger partial charge in [-0.1, -0.05) is 30.7 Å². The third-order valence-electron chi connectivity index (χ3n) is 4.36. The molecule has 20 heavy (non-hydrogen) atoms. The molecule has 4 heteroatoms. The van der Waals surface area contributed by atoms with Gasteiger partial charge < -0.3 is 15.1 Å². The van der Waals surface area contributed by atoms with E-state index in [2.05, 4.69) is 34.2 Å². The highest BCUT2D eigenvalue weighted by Crippen LogP contribution is 2.31. The Kier molecular flexibility index (Phi) is 4.49. The van der Waals surface area contributed by atoms with Gasteiger partial charge in [-0.05, 0) is 31.0 Å². The van der Waals surface area contributed by atoms with Gasteiger partial charge in [0.15, 0.2) is 0 Å². The molecule has 1 aliphatic heterocycles. The van der Waals surface area contributed by atoms with Crippen LogP contribution in [0.2, 0.25) is 5.02 Å². The Morgan fingerprint density at radius 3 is 2.60 bits per heavy atom. The quantitative estimate of drug-likeness (QED) is 0.900. The minimum absolute atomic E-state index is 0.735. The number of likely N-dealkylation sites (N-methyl/N-ethyl adjacent to an activating group) is 1. The van der Waals surface area contributed by atoms with Gasteiger partial charge in [0, 0.05) is 38.8 Å². The molecule has 110 valence electrons. The van der Waals surface area contributed by atoms with Crippen LogP contribution in [0.4, 0.5) is 5.69 Å². The van der Waals surface area contributed by atoms with E-state index in [1.165, 1.54) is 24.1 Å². The number of para-hydroxylation sites is 1. The minimum Gasteiger partial charge on any atom is -0.368 e. The van der Waals surface area contributed by atoms with Gasteiger partial charge in [0.2, 0.25) is 0 Å². The lowest BCUT2D eigenvalue weighted by molar-refractivity contribution is 0.271. The minimum atomic E-state index is 0.735. The van der Waals surface area contributed by atoms with Gasteiger partial charge in [0.1, 0.15) is 0 Å². The number of halogens is 1. The van der Waals surface area contributed by atoms with Crippen LogP contribution in [0.5, 0.6) is 0 Å². The van der Waals surface area contributed by atoms with Crippen molar-refractivity contribution >= 4 is 17.3 Å². The van der Waals surface area contributed by atoms with Gasteiger partial charge in [-0.2, -0.15) is 0 Å². The molecule has 0 radical (unpaired) electrons. The van der Waals surface area contributed by atoms with Crippen LogP contribution in [0.25, 0.3) is 0 Å². The number of piperazine rings is 1. The molecule has 0 spiro atoms. The van der Waals surface area contributed by atoms with Gasteiger partial charge >= 0.3 is 0 Å². The lowest BCUT2D eigenvalue weighted by Crippen LogP contribution is -2.46. The van der Waals surface area contributed by atoms with E-state index in [1.807, 2.05) is 6.07 Å². The molecule has 1 N–H and O–H groups in total. The third-order valence-corrected chi connectivity index (χ3v) is 4.67. The van der Waals surface area contributed by atoms with Gasteiger partial charge in [-0.25, -0.2) is 0 Å². The number of rotatable bonds is 5. The highest BCUT2D eigenvalue weighted by Gasteiger charge is 2.23. The Hall–Kier alpha value is -0.770. The van der Waals surface area contributed by atoms with Gasteiger partial charge in [-0.15, -0.1) is 0 Å². The number of benzene rings is 1. The summed E-state index contributed by atoms with van der Waals surface area (Å²) >= 11 is 6.48. The normalized spacial score (nSPS) is 20.4. The van der Waals surface area contributed by atoms with Crippen molar-refractivity contribution in [2.75, 3.05) is 37.6 Å². The van der Waals surface area contributed by atoms with E-state index < -0.39 is 0 Å². The Morgan fingerprint density at radius 1 is 1.20 bits per heavy atom. The molecule has 2 aliphatic rings. The van der Waals surface area contributed by atoms with E-state index in [-0.39, 0.29) is 0 Å². The molecule has 0 amide bonds. The first-order valence-electron chi connectivity index (χ1n) is 7.76. The van der Waals surface area contributed by atoms with Crippen molar-refractivity contribution in [3.05, 3.63) is 28.8 Å². The summed E-state index contributed by atoms with van der Waals surface area (Å²) in [5.74, 6) is 0. The summed E-state index contributed by atoms with van der Waals surface area (Å²) in [6.45, 7) is 8.74. The van der Waals surface area contributed by atoms with Crippen LogP contribution in [0, 0.1) is 0 Å². The van der Waals surface area contributed by atoms with E-state index in [9.17, 15) is 0 Å². The van der Waals surface area contributed by atoms with E-state index in [0.29, 0.717) is 0 Å². The van der Waals surface area contributed by atoms with E-state index in [4.69, 9.17) is 11.6 Å². The highest BCUT2D eigenvalue weighted by molar-refractivity contribution is 6.33. The molecular weight excluding hydrogens is 270 g/mol. The third kappa shape index (κ3) is 3.27. The second kappa shape index (κ2) is 6.33. The Labute approximate surface area is 126 Å². The average molecular weight is 294 g/mol. The molecule has 0 bridgehead atoms. The summed E-state index contributed by atoms with van der Waals surface area (Å²) in [6, 6.07) is 7.03. The summed E-state index contributed by atoms with van der Waals surface area (Å²) in [7, 11) is 0. The summed E-state index contributed by atoms with van der Waals surface area (Å²) in [5, 5.41) is 4.50. The predicted octanol–water partition coefficient (Wildman–Crippen LogP) is 2.73. The second-order valence-corrected chi connectivity index (χ2v) is 6.23. The zero-order valence-electron chi connectivity index (χ0n) is 12.2. The number of nitrogens with one attached hydrogen (secondary N) is 1. The molecule has 2 fully saturated rings. The maximum atomic E-state index is 6.48. The molecule has 1 aliphatic carbocycles. The predicted molar refractivity (Wildman–Crippen MR) is 85.6 cm³/mol. The summed E-state index contributed by atoms with van der Waals surface area (Å²) < 4.78 is 0. The van der Waals surface area contributed by atoms with Crippen molar-refractivity contribution < 1.29 is 0 Å². The summed E-state index contributed by atoms with van der Waals surface area (Å²) in [4.78, 5) is 4.95. The largest absolute Gasteiger partial charge is 0.368 e. The lowest BCUT2D eigenvalue weighted by Gasteiger charge is -2.37. The molecule has 0 unspecified atom stereocenters. The first kappa shape index (κ1) is 14.2. The molecule has 1 saturated heterocycles. The van der Waals surface area contributed by atoms with Gasteiger partial charge in [0.25, 0.3) is 0 Å². The van der Waals surface area contributed by atoms with Crippen molar-refractivity contribution in [1.29, 1.82) is 0 Å². The molecule has 1 aromatic carbocycles. The maximum absolute atomic E-state index is 6.48. The molecule has 3 rings (SSSR count). The zero-order chi connectivity index (χ0) is 13.9. The molecule has 0 atom stereocenters. The van der Waals surface area contributed by atoms with Crippen LogP contribution in [0.1, 0.15) is 25.3 Å². The van der Waals surface area contributed by atoms with Gasteiger partial charge in [0.05, 0.1) is 10.7 Å². The molecule has 1 saturated carbocycles. The van der Waals surface area contributed by atoms with Crippen LogP contribution in [-0.2, 0) is 6.54 Å². The first-order valence-corrected chi connectivity index (χ1v) is 8.14. The number of hydrogen-bond donors (Lipinski definition) is 1. The Bertz CT molecular complexity index is 451. The zero-order valence-corrected chi connectivity index (χ0v) is 13.0. The SMILES string of the molecule is CCN1CCN(c2c(Cl)cccc2CNC2CC2)CC1. The molecule has 0 aromatic heterocycles. The van der Waals surface area contributed by atoms with Crippen LogP contribution >= 0.6 is 11.6 Å². The number of anilines is 1. The monoisotopic (exact) mass is 293 g/mol. The Morgan fingerprint density at radius 2 is 1.95 bits per heavy atom. The topological polar surface area (TPSA) is 18.5 Å². The van der Waals surface area contributed by atoms with E-state index in [1.54, 1.807) is 0 Å². The van der Waals surface area contributed by atoms with Crippen molar-refractivity contribution in [3.8, 4) is 0 Å². The molecule has 1 aromatic rings. The van der Waals surface area contributed by atoms with Crippen LogP contribution in [0.3, 0.4) is 0 Å². The fourth-order valence-electron chi connectivity index (χ4n) is 2.89. The second-order valence-electron chi connectivity index (χ2n) is 5.82.